The molecule has 0 saturated carbocycles. The van der Waals surface area contributed by atoms with Gasteiger partial charge in [0, 0.05) is 26.9 Å². The Labute approximate surface area is 104 Å². The van der Waals surface area contributed by atoms with Crippen LogP contribution in [0.3, 0.4) is 0 Å². The van der Waals surface area contributed by atoms with Crippen molar-refractivity contribution in [2.75, 3.05) is 14.1 Å². The van der Waals surface area contributed by atoms with Crippen LogP contribution < -0.4 is 0 Å². The van der Waals surface area contributed by atoms with Crippen molar-refractivity contribution in [2.24, 2.45) is 5.10 Å². The molecule has 0 atom stereocenters. The number of rotatable bonds is 3. The summed E-state index contributed by atoms with van der Waals surface area (Å²) in [5, 5.41) is 11.6. The van der Waals surface area contributed by atoms with Gasteiger partial charge in [-0.25, -0.2) is 9.99 Å². The van der Waals surface area contributed by atoms with Gasteiger partial charge in [-0.2, -0.15) is 10.2 Å². The number of carbonyl (C=O) groups is 2. The van der Waals surface area contributed by atoms with Crippen molar-refractivity contribution in [3.63, 3.8) is 0 Å². The average molecular weight is 250 g/mol. The van der Waals surface area contributed by atoms with E-state index in [-0.39, 0.29) is 11.8 Å². The summed E-state index contributed by atoms with van der Waals surface area (Å²) in [4.78, 5) is 28.8. The molecule has 1 aliphatic rings. The van der Waals surface area contributed by atoms with Crippen LogP contribution >= 0.6 is 0 Å². The van der Waals surface area contributed by atoms with Crippen molar-refractivity contribution in [2.45, 2.75) is 19.4 Å². The van der Waals surface area contributed by atoms with Crippen LogP contribution in [-0.4, -0.2) is 56.7 Å². The summed E-state index contributed by atoms with van der Waals surface area (Å²) in [6.45, 7) is 0.329. The maximum atomic E-state index is 12.1. The Kier molecular flexibility index (Phi) is 3.35. The number of hydrazone groups is 1. The normalized spacial score (nSPS) is 15.6. The number of nitrogens with one attached hydrogen (secondary N) is 1. The molecule has 0 unspecified atom stereocenters. The van der Waals surface area contributed by atoms with Crippen molar-refractivity contribution >= 4 is 17.5 Å². The molecule has 18 heavy (non-hydrogen) atoms. The average Bonchev–Trinajstić information content (AvgIpc) is 2.84. The lowest BCUT2D eigenvalue weighted by molar-refractivity contribution is -0.130. The Morgan fingerprint density at radius 1 is 1.56 bits per heavy atom. The molecule has 2 rings (SSSR count). The number of hydrogen-bond donors (Lipinski definition) is 1. The lowest BCUT2D eigenvalue weighted by Gasteiger charge is -2.22. The molecule has 0 fully saturated rings. The number of amides is 2. The topological polar surface area (TPSA) is 94.6 Å². The lowest BCUT2D eigenvalue weighted by atomic mass is 10.1. The standard InChI is InChI=1S/C10H14N6O2/c1-15(5-8-11-6-12-13-8)10(18)7-3-4-9(17)16(2)14-7/h6H,3-5H2,1-2H3,(H,11,12,13). The molecule has 1 aromatic rings. The summed E-state index contributed by atoms with van der Waals surface area (Å²) < 4.78 is 0. The Morgan fingerprint density at radius 3 is 2.94 bits per heavy atom. The van der Waals surface area contributed by atoms with E-state index >= 15 is 0 Å². The molecule has 1 aromatic heterocycles. The van der Waals surface area contributed by atoms with Crippen LogP contribution in [0.4, 0.5) is 0 Å². The highest BCUT2D eigenvalue weighted by Gasteiger charge is 2.24. The van der Waals surface area contributed by atoms with Crippen molar-refractivity contribution in [3.05, 3.63) is 12.2 Å². The second kappa shape index (κ2) is 4.94. The zero-order chi connectivity index (χ0) is 13.1. The minimum Gasteiger partial charge on any atom is -0.333 e. The molecule has 0 bridgehead atoms. The predicted octanol–water partition coefficient (Wildman–Crippen LogP) is -0.629. The molecule has 0 spiro atoms. The molecule has 0 aromatic carbocycles. The van der Waals surface area contributed by atoms with Gasteiger partial charge in [-0.05, 0) is 0 Å². The van der Waals surface area contributed by atoms with E-state index in [1.54, 1.807) is 14.1 Å². The van der Waals surface area contributed by atoms with E-state index in [1.807, 2.05) is 0 Å². The van der Waals surface area contributed by atoms with Crippen LogP contribution in [0.2, 0.25) is 0 Å². The van der Waals surface area contributed by atoms with Crippen LogP contribution in [0, 0.1) is 0 Å². The summed E-state index contributed by atoms with van der Waals surface area (Å²) in [6, 6.07) is 0. The van der Waals surface area contributed by atoms with Crippen LogP contribution in [0.1, 0.15) is 18.7 Å². The van der Waals surface area contributed by atoms with E-state index in [0.717, 1.165) is 0 Å². The van der Waals surface area contributed by atoms with E-state index in [2.05, 4.69) is 20.3 Å². The molecule has 2 amide bonds. The number of H-pyrrole nitrogens is 1. The second-order valence-corrected chi connectivity index (χ2v) is 4.06. The molecule has 0 saturated heterocycles. The van der Waals surface area contributed by atoms with Crippen LogP contribution in [0.15, 0.2) is 11.4 Å². The van der Waals surface area contributed by atoms with Gasteiger partial charge in [0.25, 0.3) is 5.91 Å². The molecule has 1 aliphatic heterocycles. The number of aromatic amines is 1. The van der Waals surface area contributed by atoms with Gasteiger partial charge in [-0.15, -0.1) is 0 Å². The van der Waals surface area contributed by atoms with Crippen molar-refractivity contribution in [1.29, 1.82) is 0 Å². The SMILES string of the molecule is CN(Cc1ncn[nH]1)C(=O)C1=NN(C)C(=O)CC1. The highest BCUT2D eigenvalue weighted by Crippen LogP contribution is 2.09. The largest absolute Gasteiger partial charge is 0.333 e. The lowest BCUT2D eigenvalue weighted by Crippen LogP contribution is -2.38. The van der Waals surface area contributed by atoms with Gasteiger partial charge in [-0.3, -0.25) is 14.7 Å². The molecule has 96 valence electrons. The summed E-state index contributed by atoms with van der Waals surface area (Å²) in [5.41, 5.74) is 0.388. The third-order valence-corrected chi connectivity index (χ3v) is 2.65. The predicted molar refractivity (Wildman–Crippen MR) is 62.3 cm³/mol. The second-order valence-electron chi connectivity index (χ2n) is 4.06. The van der Waals surface area contributed by atoms with Gasteiger partial charge in [0.1, 0.15) is 17.9 Å². The van der Waals surface area contributed by atoms with Gasteiger partial charge in [-0.1, -0.05) is 0 Å². The van der Waals surface area contributed by atoms with Crippen LogP contribution in [-0.2, 0) is 16.1 Å². The molecular formula is C10H14N6O2. The fraction of sp³-hybridized carbons (Fsp3) is 0.500. The summed E-state index contributed by atoms with van der Waals surface area (Å²) in [5.74, 6) is 0.321. The van der Waals surface area contributed by atoms with E-state index in [0.29, 0.717) is 30.9 Å². The van der Waals surface area contributed by atoms with Crippen LogP contribution in [0.5, 0.6) is 0 Å². The first-order valence-corrected chi connectivity index (χ1v) is 5.51. The Bertz CT molecular complexity index is 481. The fourth-order valence-corrected chi connectivity index (χ4v) is 1.65. The van der Waals surface area contributed by atoms with Crippen molar-refractivity contribution in [3.8, 4) is 0 Å². The van der Waals surface area contributed by atoms with Crippen molar-refractivity contribution < 1.29 is 9.59 Å². The maximum absolute atomic E-state index is 12.1. The van der Waals surface area contributed by atoms with E-state index in [9.17, 15) is 9.59 Å². The zero-order valence-electron chi connectivity index (χ0n) is 10.3. The van der Waals surface area contributed by atoms with Gasteiger partial charge in [0.2, 0.25) is 5.91 Å². The zero-order valence-corrected chi connectivity index (χ0v) is 10.3. The summed E-state index contributed by atoms with van der Waals surface area (Å²) >= 11 is 0. The molecule has 1 N–H and O–H groups in total. The van der Waals surface area contributed by atoms with E-state index in [1.165, 1.54) is 16.2 Å². The molecular weight excluding hydrogens is 236 g/mol. The number of hydrogen-bond acceptors (Lipinski definition) is 5. The van der Waals surface area contributed by atoms with Crippen LogP contribution in [0.25, 0.3) is 0 Å². The third-order valence-electron chi connectivity index (χ3n) is 2.65. The van der Waals surface area contributed by atoms with Crippen molar-refractivity contribution in [1.82, 2.24) is 25.1 Å². The molecule has 2 heterocycles. The first-order chi connectivity index (χ1) is 8.58. The Hall–Kier alpha value is -2.25. The highest BCUT2D eigenvalue weighted by atomic mass is 16.2. The number of aromatic nitrogens is 3. The van der Waals surface area contributed by atoms with E-state index < -0.39 is 0 Å². The molecule has 8 heteroatoms. The maximum Gasteiger partial charge on any atom is 0.270 e. The van der Waals surface area contributed by atoms with E-state index in [4.69, 9.17) is 0 Å². The Morgan fingerprint density at radius 2 is 2.33 bits per heavy atom. The highest BCUT2D eigenvalue weighted by molar-refractivity contribution is 6.39. The third kappa shape index (κ3) is 2.53. The number of nitrogens with zero attached hydrogens (tertiary/aromatic N) is 5. The monoisotopic (exact) mass is 250 g/mol. The van der Waals surface area contributed by atoms with Gasteiger partial charge in [0.15, 0.2) is 0 Å². The minimum absolute atomic E-state index is 0.0792. The quantitative estimate of drug-likeness (QED) is 0.772. The first kappa shape index (κ1) is 12.2. The summed E-state index contributed by atoms with van der Waals surface area (Å²) in [6.07, 6.45) is 2.08. The molecule has 0 aliphatic carbocycles. The first-order valence-electron chi connectivity index (χ1n) is 5.51. The van der Waals surface area contributed by atoms with Gasteiger partial charge < -0.3 is 4.90 Å². The summed E-state index contributed by atoms with van der Waals surface area (Å²) in [7, 11) is 3.20. The van der Waals surface area contributed by atoms with Gasteiger partial charge >= 0.3 is 0 Å². The number of carbonyl (C=O) groups excluding carboxylic acids is 2. The van der Waals surface area contributed by atoms with Gasteiger partial charge in [0.05, 0.1) is 6.54 Å². The fourth-order valence-electron chi connectivity index (χ4n) is 1.65. The molecule has 0 radical (unpaired) electrons. The molecule has 8 nitrogen and oxygen atoms in total. The minimum atomic E-state index is -0.203. The Balaban J connectivity index is 2.03. The smallest absolute Gasteiger partial charge is 0.270 e.